The molecule has 0 spiro atoms. The van der Waals surface area contributed by atoms with Gasteiger partial charge in [-0.2, -0.15) is 0 Å². The molecule has 1 atom stereocenters. The van der Waals surface area contributed by atoms with E-state index in [9.17, 15) is 0 Å². The van der Waals surface area contributed by atoms with Crippen LogP contribution in [-0.2, 0) is 0 Å². The highest BCUT2D eigenvalue weighted by Gasteiger charge is 2.11. The maximum absolute atomic E-state index is 4.39. The Morgan fingerprint density at radius 3 is 2.80 bits per heavy atom. The fourth-order valence-electron chi connectivity index (χ4n) is 1.77. The monoisotopic (exact) mass is 226 g/mol. The summed E-state index contributed by atoms with van der Waals surface area (Å²) in [4.78, 5) is 4.39. The molecule has 2 nitrogen and oxygen atoms in total. The highest BCUT2D eigenvalue weighted by atomic mass is 32.1. The molecule has 15 heavy (non-hydrogen) atoms. The van der Waals surface area contributed by atoms with Crippen molar-refractivity contribution in [1.29, 1.82) is 0 Å². The highest BCUT2D eigenvalue weighted by molar-refractivity contribution is 7.07. The van der Waals surface area contributed by atoms with Gasteiger partial charge >= 0.3 is 0 Å². The Balaban J connectivity index is 2.31. The van der Waals surface area contributed by atoms with Gasteiger partial charge in [0, 0.05) is 5.38 Å². The van der Waals surface area contributed by atoms with Crippen LogP contribution in [0.4, 0.5) is 0 Å². The Morgan fingerprint density at radius 1 is 1.33 bits per heavy atom. The van der Waals surface area contributed by atoms with Crippen molar-refractivity contribution in [2.45, 2.75) is 52.0 Å². The van der Waals surface area contributed by atoms with Crippen molar-refractivity contribution in [3.8, 4) is 0 Å². The van der Waals surface area contributed by atoms with Crippen LogP contribution in [0.3, 0.4) is 0 Å². The lowest BCUT2D eigenvalue weighted by Crippen LogP contribution is -2.21. The molecule has 0 radical (unpaired) electrons. The molecular weight excluding hydrogens is 204 g/mol. The Labute approximate surface area is 97.1 Å². The van der Waals surface area contributed by atoms with E-state index in [-0.39, 0.29) is 0 Å². The van der Waals surface area contributed by atoms with Crippen LogP contribution in [0.1, 0.15) is 57.7 Å². The standard InChI is InChI=1S/C12H22N2S/c1-3-5-6-7-8-11(13-4-2)12-9-15-10-14-12/h9-11,13H,3-8H2,1-2H3. The summed E-state index contributed by atoms with van der Waals surface area (Å²) in [5.41, 5.74) is 3.14. The van der Waals surface area contributed by atoms with Gasteiger partial charge in [0.1, 0.15) is 0 Å². The molecule has 0 fully saturated rings. The van der Waals surface area contributed by atoms with Crippen molar-refractivity contribution in [2.24, 2.45) is 0 Å². The predicted octanol–water partition coefficient (Wildman–Crippen LogP) is 3.76. The normalized spacial score (nSPS) is 12.9. The first-order valence-corrected chi connectivity index (χ1v) is 6.94. The van der Waals surface area contributed by atoms with Gasteiger partial charge in [-0.3, -0.25) is 0 Å². The van der Waals surface area contributed by atoms with E-state index in [1.54, 1.807) is 11.3 Å². The first-order valence-electron chi connectivity index (χ1n) is 6.00. The minimum atomic E-state index is 0.470. The molecule has 0 saturated carbocycles. The number of unbranched alkanes of at least 4 members (excludes halogenated alkanes) is 3. The molecule has 0 saturated heterocycles. The fraction of sp³-hybridized carbons (Fsp3) is 0.750. The molecule has 1 heterocycles. The van der Waals surface area contributed by atoms with Crippen molar-refractivity contribution in [1.82, 2.24) is 10.3 Å². The van der Waals surface area contributed by atoms with E-state index in [1.807, 2.05) is 5.51 Å². The topological polar surface area (TPSA) is 24.9 Å². The molecule has 3 heteroatoms. The summed E-state index contributed by atoms with van der Waals surface area (Å²) < 4.78 is 0. The van der Waals surface area contributed by atoms with Crippen LogP contribution in [0.25, 0.3) is 0 Å². The van der Waals surface area contributed by atoms with E-state index in [4.69, 9.17) is 0 Å². The number of thiazole rings is 1. The van der Waals surface area contributed by atoms with Crippen molar-refractivity contribution in [3.05, 3.63) is 16.6 Å². The quantitative estimate of drug-likeness (QED) is 0.683. The number of rotatable bonds is 8. The zero-order valence-electron chi connectivity index (χ0n) is 9.83. The summed E-state index contributed by atoms with van der Waals surface area (Å²) in [7, 11) is 0. The van der Waals surface area contributed by atoms with Gasteiger partial charge in [-0.25, -0.2) is 4.98 Å². The van der Waals surface area contributed by atoms with Crippen LogP contribution < -0.4 is 5.32 Å². The fourth-order valence-corrected chi connectivity index (χ4v) is 2.38. The summed E-state index contributed by atoms with van der Waals surface area (Å²) in [6.07, 6.45) is 6.54. The van der Waals surface area contributed by atoms with Gasteiger partial charge in [-0.05, 0) is 13.0 Å². The molecule has 1 aromatic rings. The third-order valence-electron chi connectivity index (χ3n) is 2.61. The Kier molecular flexibility index (Phi) is 6.60. The summed E-state index contributed by atoms with van der Waals surface area (Å²) in [5, 5.41) is 5.67. The van der Waals surface area contributed by atoms with Gasteiger partial charge in [-0.1, -0.05) is 39.5 Å². The lowest BCUT2D eigenvalue weighted by atomic mass is 10.1. The van der Waals surface area contributed by atoms with Gasteiger partial charge in [-0.15, -0.1) is 11.3 Å². The molecule has 0 aliphatic carbocycles. The third-order valence-corrected chi connectivity index (χ3v) is 3.21. The van der Waals surface area contributed by atoms with Gasteiger partial charge < -0.3 is 5.32 Å². The molecule has 1 unspecified atom stereocenters. The predicted molar refractivity (Wildman–Crippen MR) is 67.3 cm³/mol. The minimum Gasteiger partial charge on any atom is -0.309 e. The lowest BCUT2D eigenvalue weighted by molar-refractivity contribution is 0.474. The smallest absolute Gasteiger partial charge is 0.0795 e. The van der Waals surface area contributed by atoms with Crippen LogP contribution in [0.15, 0.2) is 10.9 Å². The number of aromatic nitrogens is 1. The van der Waals surface area contributed by atoms with Gasteiger partial charge in [0.05, 0.1) is 17.2 Å². The molecule has 1 aromatic heterocycles. The number of hydrogen-bond acceptors (Lipinski definition) is 3. The van der Waals surface area contributed by atoms with Crippen molar-refractivity contribution < 1.29 is 0 Å². The van der Waals surface area contributed by atoms with E-state index >= 15 is 0 Å². The zero-order chi connectivity index (χ0) is 10.9. The Morgan fingerprint density at radius 2 is 2.20 bits per heavy atom. The van der Waals surface area contributed by atoms with Gasteiger partial charge in [0.25, 0.3) is 0 Å². The maximum atomic E-state index is 4.39. The van der Waals surface area contributed by atoms with Crippen LogP contribution >= 0.6 is 11.3 Å². The largest absolute Gasteiger partial charge is 0.309 e. The zero-order valence-corrected chi connectivity index (χ0v) is 10.6. The second kappa shape index (κ2) is 7.83. The van der Waals surface area contributed by atoms with Crippen molar-refractivity contribution >= 4 is 11.3 Å². The van der Waals surface area contributed by atoms with Crippen LogP contribution in [0.5, 0.6) is 0 Å². The highest BCUT2D eigenvalue weighted by Crippen LogP contribution is 2.19. The first kappa shape index (κ1) is 12.7. The molecule has 0 bridgehead atoms. The Hall–Kier alpha value is -0.410. The molecule has 0 aromatic carbocycles. The third kappa shape index (κ3) is 4.76. The first-order chi connectivity index (χ1) is 7.38. The second-order valence-electron chi connectivity index (χ2n) is 3.87. The average molecular weight is 226 g/mol. The van der Waals surface area contributed by atoms with Crippen molar-refractivity contribution in [2.75, 3.05) is 6.54 Å². The number of hydrogen-bond donors (Lipinski definition) is 1. The number of nitrogens with zero attached hydrogens (tertiary/aromatic N) is 1. The molecule has 0 aliphatic heterocycles. The van der Waals surface area contributed by atoms with Gasteiger partial charge in [0.2, 0.25) is 0 Å². The summed E-state index contributed by atoms with van der Waals surface area (Å²) in [5.74, 6) is 0. The van der Waals surface area contributed by atoms with Crippen LogP contribution in [-0.4, -0.2) is 11.5 Å². The summed E-state index contributed by atoms with van der Waals surface area (Å²) in [6, 6.07) is 0.470. The van der Waals surface area contributed by atoms with Crippen molar-refractivity contribution in [3.63, 3.8) is 0 Å². The molecular formula is C12H22N2S. The molecule has 0 amide bonds. The maximum Gasteiger partial charge on any atom is 0.0795 e. The van der Waals surface area contributed by atoms with E-state index in [1.165, 1.54) is 37.8 Å². The molecule has 1 N–H and O–H groups in total. The minimum absolute atomic E-state index is 0.470. The van der Waals surface area contributed by atoms with E-state index in [0.717, 1.165) is 6.54 Å². The lowest BCUT2D eigenvalue weighted by Gasteiger charge is -2.15. The second-order valence-corrected chi connectivity index (χ2v) is 4.59. The van der Waals surface area contributed by atoms with Gasteiger partial charge in [0.15, 0.2) is 0 Å². The van der Waals surface area contributed by atoms with E-state index in [2.05, 4.69) is 29.5 Å². The van der Waals surface area contributed by atoms with E-state index < -0.39 is 0 Å². The summed E-state index contributed by atoms with van der Waals surface area (Å²) in [6.45, 7) is 5.43. The molecule has 86 valence electrons. The average Bonchev–Trinajstić information content (AvgIpc) is 2.76. The molecule has 0 aliphatic rings. The Bertz CT molecular complexity index is 234. The number of nitrogens with one attached hydrogen (secondary N) is 1. The SMILES string of the molecule is CCCCCCC(NCC)c1cscn1. The van der Waals surface area contributed by atoms with Crippen LogP contribution in [0, 0.1) is 0 Å². The molecule has 1 rings (SSSR count). The van der Waals surface area contributed by atoms with Crippen LogP contribution in [0.2, 0.25) is 0 Å². The van der Waals surface area contributed by atoms with E-state index in [0.29, 0.717) is 6.04 Å². The summed E-state index contributed by atoms with van der Waals surface area (Å²) >= 11 is 1.69.